The van der Waals surface area contributed by atoms with E-state index in [9.17, 15) is 9.59 Å². The van der Waals surface area contributed by atoms with E-state index in [1.807, 2.05) is 6.08 Å². The summed E-state index contributed by atoms with van der Waals surface area (Å²) in [5, 5.41) is 2.45. The van der Waals surface area contributed by atoms with Crippen molar-refractivity contribution in [2.45, 2.75) is 6.42 Å². The molecule has 0 spiro atoms. The quantitative estimate of drug-likeness (QED) is 0.830. The molecule has 0 bridgehead atoms. The number of rotatable bonds is 4. The van der Waals surface area contributed by atoms with Crippen LogP contribution in [0.4, 0.5) is 10.7 Å². The Balaban J connectivity index is 1.89. The van der Waals surface area contributed by atoms with Crippen LogP contribution in [0.3, 0.4) is 0 Å². The number of nitrogens with zero attached hydrogens (tertiary/aromatic N) is 3. The maximum Gasteiger partial charge on any atom is 0.335 e. The first-order valence-corrected chi connectivity index (χ1v) is 7.71. The Morgan fingerprint density at radius 1 is 1.31 bits per heavy atom. The Morgan fingerprint density at radius 3 is 2.65 bits per heavy atom. The van der Waals surface area contributed by atoms with Gasteiger partial charge in [0.1, 0.15) is 0 Å². The highest BCUT2D eigenvalue weighted by atomic mass is 16.6. The molecule has 10 nitrogen and oxygen atoms in total. The molecular weight excluding hydrogens is 342 g/mol. The second kappa shape index (κ2) is 7.66. The van der Waals surface area contributed by atoms with Crippen molar-refractivity contribution in [3.8, 4) is 11.8 Å². The maximum absolute atomic E-state index is 12.6. The van der Waals surface area contributed by atoms with Crippen LogP contribution in [0.2, 0.25) is 0 Å². The number of aromatic nitrogens is 3. The van der Waals surface area contributed by atoms with E-state index in [0.717, 1.165) is 4.57 Å². The Kier molecular flexibility index (Phi) is 5.13. The molecule has 10 heteroatoms. The van der Waals surface area contributed by atoms with E-state index >= 15 is 0 Å². The van der Waals surface area contributed by atoms with Crippen LogP contribution in [-0.2, 0) is 4.84 Å². The monoisotopic (exact) mass is 359 g/mol. The Hall–Kier alpha value is -3.40. The Labute approximate surface area is 148 Å². The van der Waals surface area contributed by atoms with Gasteiger partial charge < -0.3 is 9.47 Å². The lowest BCUT2D eigenvalue weighted by atomic mass is 10.2. The van der Waals surface area contributed by atoms with Crippen molar-refractivity contribution >= 4 is 17.7 Å². The molecule has 136 valence electrons. The number of hydrogen-bond acceptors (Lipinski definition) is 8. The first kappa shape index (κ1) is 17.4. The van der Waals surface area contributed by atoms with Crippen molar-refractivity contribution in [2.24, 2.45) is 0 Å². The van der Waals surface area contributed by atoms with Crippen molar-refractivity contribution in [1.82, 2.24) is 20.0 Å². The van der Waals surface area contributed by atoms with E-state index in [1.165, 1.54) is 26.5 Å². The SMILES string of the molecule is COc1cc(OC)nc(NC(=O)n2cccc(C3=CCCON3)c2=O)n1. The molecule has 3 heterocycles. The molecule has 26 heavy (non-hydrogen) atoms. The summed E-state index contributed by atoms with van der Waals surface area (Å²) in [5.41, 5.74) is 3.00. The molecule has 0 radical (unpaired) electrons. The van der Waals surface area contributed by atoms with Gasteiger partial charge in [-0.25, -0.2) is 9.36 Å². The zero-order chi connectivity index (χ0) is 18.5. The van der Waals surface area contributed by atoms with Gasteiger partial charge in [0.2, 0.25) is 17.7 Å². The summed E-state index contributed by atoms with van der Waals surface area (Å²) in [6.07, 6.45) is 3.85. The van der Waals surface area contributed by atoms with Gasteiger partial charge in [-0.3, -0.25) is 20.4 Å². The van der Waals surface area contributed by atoms with E-state index in [2.05, 4.69) is 20.8 Å². The molecule has 0 saturated heterocycles. The van der Waals surface area contributed by atoms with Crippen LogP contribution in [0.15, 0.2) is 35.3 Å². The lowest BCUT2D eigenvalue weighted by Crippen LogP contribution is -2.34. The van der Waals surface area contributed by atoms with E-state index in [0.29, 0.717) is 24.3 Å². The lowest BCUT2D eigenvalue weighted by Gasteiger charge is -2.16. The van der Waals surface area contributed by atoms with Crippen LogP contribution in [-0.4, -0.2) is 41.4 Å². The molecule has 0 fully saturated rings. The summed E-state index contributed by atoms with van der Waals surface area (Å²) in [5.74, 6) is 0.366. The molecule has 0 aromatic carbocycles. The molecule has 1 aliphatic heterocycles. The maximum atomic E-state index is 12.6. The fourth-order valence-electron chi connectivity index (χ4n) is 2.28. The molecule has 2 N–H and O–H groups in total. The largest absolute Gasteiger partial charge is 0.481 e. The van der Waals surface area contributed by atoms with Gasteiger partial charge in [-0.1, -0.05) is 6.08 Å². The number of hydrogen-bond donors (Lipinski definition) is 2. The highest BCUT2D eigenvalue weighted by molar-refractivity contribution is 5.89. The number of nitrogens with one attached hydrogen (secondary N) is 2. The van der Waals surface area contributed by atoms with Crippen molar-refractivity contribution in [3.05, 3.63) is 46.4 Å². The van der Waals surface area contributed by atoms with Gasteiger partial charge >= 0.3 is 6.03 Å². The third kappa shape index (κ3) is 3.64. The van der Waals surface area contributed by atoms with E-state index in [-0.39, 0.29) is 17.7 Å². The fourth-order valence-corrected chi connectivity index (χ4v) is 2.28. The summed E-state index contributed by atoms with van der Waals surface area (Å²) >= 11 is 0. The number of methoxy groups -OCH3 is 2. The minimum absolute atomic E-state index is 0.0538. The molecule has 1 amide bonds. The molecule has 0 saturated carbocycles. The molecule has 0 aliphatic carbocycles. The van der Waals surface area contributed by atoms with Crippen LogP contribution in [0, 0.1) is 0 Å². The lowest BCUT2D eigenvalue weighted by molar-refractivity contribution is 0.0740. The summed E-state index contributed by atoms with van der Waals surface area (Å²) in [7, 11) is 2.85. The predicted octanol–water partition coefficient (Wildman–Crippen LogP) is 1.00. The molecule has 2 aromatic rings. The predicted molar refractivity (Wildman–Crippen MR) is 91.9 cm³/mol. The van der Waals surface area contributed by atoms with E-state index in [4.69, 9.17) is 14.3 Å². The van der Waals surface area contributed by atoms with Crippen LogP contribution >= 0.6 is 0 Å². The second-order valence-electron chi connectivity index (χ2n) is 5.16. The van der Waals surface area contributed by atoms with Gasteiger partial charge in [-0.2, -0.15) is 9.97 Å². The molecule has 1 aliphatic rings. The number of anilines is 1. The van der Waals surface area contributed by atoms with Gasteiger partial charge in [-0.15, -0.1) is 0 Å². The minimum atomic E-state index is -0.718. The summed E-state index contributed by atoms with van der Waals surface area (Å²) in [4.78, 5) is 38.2. The van der Waals surface area contributed by atoms with Crippen molar-refractivity contribution in [3.63, 3.8) is 0 Å². The first-order valence-electron chi connectivity index (χ1n) is 7.71. The van der Waals surface area contributed by atoms with Crippen molar-refractivity contribution in [2.75, 3.05) is 26.1 Å². The number of carbonyl (C=O) groups excluding carboxylic acids is 1. The molecule has 0 unspecified atom stereocenters. The number of carbonyl (C=O) groups is 1. The minimum Gasteiger partial charge on any atom is -0.481 e. The van der Waals surface area contributed by atoms with E-state index in [1.54, 1.807) is 12.1 Å². The molecule has 3 rings (SSSR count). The summed E-state index contributed by atoms with van der Waals surface area (Å²) < 4.78 is 11.0. The summed E-state index contributed by atoms with van der Waals surface area (Å²) in [6.45, 7) is 0.514. The van der Waals surface area contributed by atoms with Crippen LogP contribution in [0.25, 0.3) is 5.70 Å². The Morgan fingerprint density at radius 2 is 2.04 bits per heavy atom. The highest BCUT2D eigenvalue weighted by Gasteiger charge is 2.16. The van der Waals surface area contributed by atoms with Gasteiger partial charge in [0.15, 0.2) is 0 Å². The normalized spacial score (nSPS) is 13.4. The molecular formula is C16H17N5O5. The Bertz CT molecular complexity index is 886. The highest BCUT2D eigenvalue weighted by Crippen LogP contribution is 2.17. The third-order valence-corrected chi connectivity index (χ3v) is 3.52. The smallest absolute Gasteiger partial charge is 0.335 e. The fraction of sp³-hybridized carbons (Fsp3) is 0.250. The topological polar surface area (TPSA) is 117 Å². The average molecular weight is 359 g/mol. The van der Waals surface area contributed by atoms with Crippen molar-refractivity contribution in [1.29, 1.82) is 0 Å². The zero-order valence-electron chi connectivity index (χ0n) is 14.2. The van der Waals surface area contributed by atoms with Crippen LogP contribution in [0.5, 0.6) is 11.8 Å². The van der Waals surface area contributed by atoms with Gasteiger partial charge in [-0.05, 0) is 18.6 Å². The second-order valence-corrected chi connectivity index (χ2v) is 5.16. The zero-order valence-corrected chi connectivity index (χ0v) is 14.2. The van der Waals surface area contributed by atoms with Gasteiger partial charge in [0.25, 0.3) is 5.56 Å². The van der Waals surface area contributed by atoms with Gasteiger partial charge in [0, 0.05) is 6.20 Å². The third-order valence-electron chi connectivity index (χ3n) is 3.52. The van der Waals surface area contributed by atoms with Gasteiger partial charge in [0.05, 0.1) is 38.2 Å². The molecule has 0 atom stereocenters. The van der Waals surface area contributed by atoms with E-state index < -0.39 is 11.6 Å². The summed E-state index contributed by atoms with van der Waals surface area (Å²) in [6, 6.07) is 3.93. The number of pyridine rings is 1. The standard InChI is InChI=1S/C16H17N5O5/c1-24-12-9-13(25-2)18-15(17-12)19-16(23)21-7-3-5-10(14(21)22)11-6-4-8-26-20-11/h3,5-7,9,20H,4,8H2,1-2H3,(H,17,18,19,23). The van der Waals surface area contributed by atoms with Crippen molar-refractivity contribution < 1.29 is 19.1 Å². The first-order chi connectivity index (χ1) is 12.6. The van der Waals surface area contributed by atoms with Crippen LogP contribution < -0.4 is 25.8 Å². The molecule has 2 aromatic heterocycles. The number of ether oxygens (including phenoxy) is 2. The van der Waals surface area contributed by atoms with Crippen LogP contribution in [0.1, 0.15) is 12.0 Å². The average Bonchev–Trinajstić information content (AvgIpc) is 2.68. The number of amides is 1. The number of hydroxylamine groups is 1.